The van der Waals surface area contributed by atoms with Crippen molar-refractivity contribution in [2.45, 2.75) is 17.7 Å². The van der Waals surface area contributed by atoms with Gasteiger partial charge in [0, 0.05) is 42.0 Å². The zero-order valence-electron chi connectivity index (χ0n) is 16.6. The molecule has 6 heteroatoms. The third kappa shape index (κ3) is 4.71. The number of carbonyl (C=O) groups excluding carboxylic acids is 2. The largest absolute Gasteiger partial charge is 0.352 e. The molecule has 1 aliphatic heterocycles. The van der Waals surface area contributed by atoms with Gasteiger partial charge in [-0.2, -0.15) is 0 Å². The summed E-state index contributed by atoms with van der Waals surface area (Å²) in [6, 6.07) is 21.2. The van der Waals surface area contributed by atoms with Gasteiger partial charge in [0.15, 0.2) is 0 Å². The summed E-state index contributed by atoms with van der Waals surface area (Å²) in [6.07, 6.45) is 3.31. The minimum atomic E-state index is -0.131. The van der Waals surface area contributed by atoms with E-state index in [9.17, 15) is 9.59 Å². The number of nitrogens with one attached hydrogen (secondary N) is 1. The normalized spacial score (nSPS) is 12.5. The third-order valence-electron chi connectivity index (χ3n) is 5.06. The van der Waals surface area contributed by atoms with E-state index >= 15 is 0 Å². The van der Waals surface area contributed by atoms with Crippen LogP contribution in [-0.2, 0) is 17.6 Å². The summed E-state index contributed by atoms with van der Waals surface area (Å²) >= 11 is 1.41. The topological polar surface area (TPSA) is 62.3 Å². The summed E-state index contributed by atoms with van der Waals surface area (Å²) in [5.41, 5.74) is 3.75. The fraction of sp³-hybridized carbons (Fsp3) is 0.208. The van der Waals surface area contributed by atoms with Crippen LogP contribution >= 0.6 is 11.8 Å². The first-order chi connectivity index (χ1) is 14.7. The smallest absolute Gasteiger partial charge is 0.252 e. The van der Waals surface area contributed by atoms with Crippen molar-refractivity contribution in [1.82, 2.24) is 10.3 Å². The molecule has 2 heterocycles. The maximum absolute atomic E-state index is 12.8. The molecular weight excluding hydrogens is 394 g/mol. The molecule has 0 spiro atoms. The average molecular weight is 418 g/mol. The predicted molar refractivity (Wildman–Crippen MR) is 120 cm³/mol. The van der Waals surface area contributed by atoms with Crippen molar-refractivity contribution >= 4 is 29.3 Å². The molecule has 5 nitrogen and oxygen atoms in total. The van der Waals surface area contributed by atoms with E-state index in [0.29, 0.717) is 30.8 Å². The second-order valence-electron chi connectivity index (χ2n) is 7.04. The minimum Gasteiger partial charge on any atom is -0.352 e. The SMILES string of the molecule is O=C(NCCc1ccccn1)c1ccccc1SCC(=O)N1CCc2ccccc21. The maximum Gasteiger partial charge on any atom is 0.252 e. The summed E-state index contributed by atoms with van der Waals surface area (Å²) in [5.74, 6) is 0.232. The number of nitrogens with zero attached hydrogens (tertiary/aromatic N) is 2. The minimum absolute atomic E-state index is 0.0651. The lowest BCUT2D eigenvalue weighted by molar-refractivity contribution is -0.116. The van der Waals surface area contributed by atoms with Gasteiger partial charge in [-0.15, -0.1) is 11.8 Å². The van der Waals surface area contributed by atoms with E-state index in [4.69, 9.17) is 0 Å². The lowest BCUT2D eigenvalue weighted by Gasteiger charge is -2.17. The lowest BCUT2D eigenvalue weighted by atomic mass is 10.2. The number of aromatic nitrogens is 1. The van der Waals surface area contributed by atoms with Gasteiger partial charge in [-0.1, -0.05) is 36.4 Å². The summed E-state index contributed by atoms with van der Waals surface area (Å²) in [5, 5.41) is 2.96. The molecule has 30 heavy (non-hydrogen) atoms. The van der Waals surface area contributed by atoms with E-state index in [0.717, 1.165) is 22.7 Å². The highest BCUT2D eigenvalue weighted by Crippen LogP contribution is 2.29. The molecule has 2 aromatic carbocycles. The highest BCUT2D eigenvalue weighted by Gasteiger charge is 2.24. The van der Waals surface area contributed by atoms with Crippen molar-refractivity contribution in [2.24, 2.45) is 0 Å². The van der Waals surface area contributed by atoms with Gasteiger partial charge in [0.1, 0.15) is 0 Å². The molecule has 0 atom stereocenters. The van der Waals surface area contributed by atoms with Crippen molar-refractivity contribution in [1.29, 1.82) is 0 Å². The number of rotatable bonds is 7. The Morgan fingerprint density at radius 2 is 1.80 bits per heavy atom. The Balaban J connectivity index is 1.35. The molecular formula is C24H23N3O2S. The van der Waals surface area contributed by atoms with E-state index in [1.807, 2.05) is 59.5 Å². The number of pyridine rings is 1. The van der Waals surface area contributed by atoms with Crippen LogP contribution in [0.1, 0.15) is 21.6 Å². The lowest BCUT2D eigenvalue weighted by Crippen LogP contribution is -2.30. The molecule has 1 N–H and O–H groups in total. The zero-order chi connectivity index (χ0) is 20.8. The molecule has 4 rings (SSSR count). The van der Waals surface area contributed by atoms with E-state index in [1.54, 1.807) is 12.3 Å². The number of benzene rings is 2. The van der Waals surface area contributed by atoms with E-state index in [-0.39, 0.29) is 11.8 Å². The Labute approximate surface area is 180 Å². The number of hydrogen-bond acceptors (Lipinski definition) is 4. The number of thioether (sulfide) groups is 1. The average Bonchev–Trinajstić information content (AvgIpc) is 3.23. The van der Waals surface area contributed by atoms with Gasteiger partial charge in [0.2, 0.25) is 5.91 Å². The molecule has 0 fully saturated rings. The Hall–Kier alpha value is -3.12. The van der Waals surface area contributed by atoms with Gasteiger partial charge >= 0.3 is 0 Å². The Morgan fingerprint density at radius 1 is 1.00 bits per heavy atom. The van der Waals surface area contributed by atoms with Gasteiger partial charge in [0.05, 0.1) is 11.3 Å². The molecule has 0 bridgehead atoms. The first kappa shape index (κ1) is 20.2. The molecule has 0 unspecified atom stereocenters. The first-order valence-electron chi connectivity index (χ1n) is 10.0. The third-order valence-corrected chi connectivity index (χ3v) is 6.12. The maximum atomic E-state index is 12.8. The number of anilines is 1. The molecule has 152 valence electrons. The van der Waals surface area contributed by atoms with Crippen LogP contribution in [0.4, 0.5) is 5.69 Å². The predicted octanol–water partition coefficient (Wildman–Crippen LogP) is 3.74. The summed E-state index contributed by atoms with van der Waals surface area (Å²) < 4.78 is 0. The molecule has 0 saturated carbocycles. The summed E-state index contributed by atoms with van der Waals surface area (Å²) in [4.78, 5) is 32.4. The second-order valence-corrected chi connectivity index (χ2v) is 8.05. The summed E-state index contributed by atoms with van der Waals surface area (Å²) in [6.45, 7) is 1.23. The van der Waals surface area contributed by atoms with Crippen molar-refractivity contribution in [3.05, 3.63) is 89.7 Å². The van der Waals surface area contributed by atoms with Crippen molar-refractivity contribution in [3.63, 3.8) is 0 Å². The molecule has 0 radical (unpaired) electrons. The number of fused-ring (bicyclic) bond motifs is 1. The van der Waals surface area contributed by atoms with Gasteiger partial charge in [-0.05, 0) is 42.3 Å². The van der Waals surface area contributed by atoms with Crippen LogP contribution in [0.3, 0.4) is 0 Å². The number of carbonyl (C=O) groups is 2. The van der Waals surface area contributed by atoms with Crippen molar-refractivity contribution in [2.75, 3.05) is 23.7 Å². The first-order valence-corrected chi connectivity index (χ1v) is 11.0. The fourth-order valence-electron chi connectivity index (χ4n) is 3.54. The highest BCUT2D eigenvalue weighted by atomic mass is 32.2. The van der Waals surface area contributed by atoms with Crippen LogP contribution in [0.5, 0.6) is 0 Å². The van der Waals surface area contributed by atoms with Crippen molar-refractivity contribution in [3.8, 4) is 0 Å². The molecule has 0 aliphatic carbocycles. The van der Waals surface area contributed by atoms with Crippen LogP contribution in [0.25, 0.3) is 0 Å². The molecule has 0 saturated heterocycles. The van der Waals surface area contributed by atoms with E-state index < -0.39 is 0 Å². The Bertz CT molecular complexity index is 1040. The van der Waals surface area contributed by atoms with Gasteiger partial charge in [0.25, 0.3) is 5.91 Å². The van der Waals surface area contributed by atoms with E-state index in [1.165, 1.54) is 17.3 Å². The zero-order valence-corrected chi connectivity index (χ0v) is 17.4. The molecule has 1 aliphatic rings. The van der Waals surface area contributed by atoms with Crippen LogP contribution in [0.2, 0.25) is 0 Å². The van der Waals surface area contributed by atoms with Crippen molar-refractivity contribution < 1.29 is 9.59 Å². The Morgan fingerprint density at radius 3 is 2.67 bits per heavy atom. The van der Waals surface area contributed by atoms with Crippen LogP contribution in [0, 0.1) is 0 Å². The van der Waals surface area contributed by atoms with Gasteiger partial charge < -0.3 is 10.2 Å². The monoisotopic (exact) mass is 417 g/mol. The molecule has 3 aromatic rings. The number of para-hydroxylation sites is 1. The summed E-state index contributed by atoms with van der Waals surface area (Å²) in [7, 11) is 0. The molecule has 1 aromatic heterocycles. The Kier molecular flexibility index (Phi) is 6.44. The van der Waals surface area contributed by atoms with E-state index in [2.05, 4.69) is 16.4 Å². The van der Waals surface area contributed by atoms with Crippen LogP contribution < -0.4 is 10.2 Å². The van der Waals surface area contributed by atoms with Crippen LogP contribution in [-0.4, -0.2) is 35.6 Å². The second kappa shape index (κ2) is 9.59. The van der Waals surface area contributed by atoms with Crippen LogP contribution in [0.15, 0.2) is 77.8 Å². The molecule has 2 amide bonds. The van der Waals surface area contributed by atoms with Gasteiger partial charge in [-0.3, -0.25) is 14.6 Å². The number of hydrogen-bond donors (Lipinski definition) is 1. The van der Waals surface area contributed by atoms with Gasteiger partial charge in [-0.25, -0.2) is 0 Å². The fourth-order valence-corrected chi connectivity index (χ4v) is 4.47. The number of amides is 2. The standard InChI is InChI=1S/C24H23N3O2S/c28-23(27-16-13-18-7-1-3-10-21(18)27)17-30-22-11-4-2-9-20(22)24(29)26-15-12-19-8-5-6-14-25-19/h1-11,14H,12-13,15-17H2,(H,26,29). The quantitative estimate of drug-likeness (QED) is 0.595. The highest BCUT2D eigenvalue weighted by molar-refractivity contribution is 8.00.